The smallest absolute Gasteiger partial charge is 0.322 e. The molecule has 0 atom stereocenters. The topological polar surface area (TPSA) is 72.8 Å². The highest BCUT2D eigenvalue weighted by molar-refractivity contribution is 5.50. The lowest BCUT2D eigenvalue weighted by molar-refractivity contribution is 0.222. The van der Waals surface area contributed by atoms with Gasteiger partial charge in [0.05, 0.1) is 6.10 Å². The lowest BCUT2D eigenvalue weighted by Crippen LogP contribution is -2.11. The summed E-state index contributed by atoms with van der Waals surface area (Å²) in [6.07, 6.45) is 1.70. The summed E-state index contributed by atoms with van der Waals surface area (Å²) in [5.41, 5.74) is 0.685. The molecule has 6 heteroatoms. The van der Waals surface area contributed by atoms with Crippen LogP contribution in [0.3, 0.4) is 0 Å². The van der Waals surface area contributed by atoms with Gasteiger partial charge >= 0.3 is 6.01 Å². The van der Waals surface area contributed by atoms with Gasteiger partial charge in [0.25, 0.3) is 0 Å². The van der Waals surface area contributed by atoms with E-state index in [0.29, 0.717) is 23.5 Å². The fourth-order valence-electron chi connectivity index (χ4n) is 1.34. The zero-order valence-corrected chi connectivity index (χ0v) is 10.6. The Balaban J connectivity index is 2.41. The van der Waals surface area contributed by atoms with E-state index in [1.54, 1.807) is 13.2 Å². The number of hydrogen-bond donors (Lipinski definition) is 1. The van der Waals surface area contributed by atoms with Crippen molar-refractivity contribution in [3.8, 4) is 17.5 Å². The SMILES string of the molecule is CNc1nc(OC(C)C)nc(-c2ccccn2)n1. The van der Waals surface area contributed by atoms with Gasteiger partial charge in [0.1, 0.15) is 5.69 Å². The number of rotatable bonds is 4. The predicted octanol–water partition coefficient (Wildman–Crippen LogP) is 1.76. The standard InChI is InChI=1S/C12H15N5O/c1-8(2)18-12-16-10(15-11(13-3)17-12)9-6-4-5-7-14-9/h4-8H,1-3H3,(H,13,15,16,17). The second kappa shape index (κ2) is 5.39. The van der Waals surface area contributed by atoms with Crippen LogP contribution < -0.4 is 10.1 Å². The van der Waals surface area contributed by atoms with Crippen LogP contribution in [0.15, 0.2) is 24.4 Å². The first-order valence-corrected chi connectivity index (χ1v) is 5.71. The first-order chi connectivity index (χ1) is 8.69. The first kappa shape index (κ1) is 12.2. The van der Waals surface area contributed by atoms with E-state index in [1.165, 1.54) is 0 Å². The van der Waals surface area contributed by atoms with Crippen LogP contribution in [0.2, 0.25) is 0 Å². The molecule has 0 fully saturated rings. The summed E-state index contributed by atoms with van der Waals surface area (Å²) < 4.78 is 5.49. The molecular formula is C12H15N5O. The molecule has 6 nitrogen and oxygen atoms in total. The van der Waals surface area contributed by atoms with Gasteiger partial charge in [-0.15, -0.1) is 0 Å². The molecule has 0 aliphatic heterocycles. The summed E-state index contributed by atoms with van der Waals surface area (Å²) in [6, 6.07) is 5.86. The van der Waals surface area contributed by atoms with Crippen LogP contribution in [0, 0.1) is 0 Å². The largest absolute Gasteiger partial charge is 0.461 e. The molecule has 0 aliphatic carbocycles. The minimum Gasteiger partial charge on any atom is -0.461 e. The van der Waals surface area contributed by atoms with Gasteiger partial charge in [-0.25, -0.2) is 0 Å². The summed E-state index contributed by atoms with van der Waals surface area (Å²) in [7, 11) is 1.75. The molecule has 0 saturated carbocycles. The number of hydrogen-bond acceptors (Lipinski definition) is 6. The van der Waals surface area contributed by atoms with Crippen molar-refractivity contribution in [2.75, 3.05) is 12.4 Å². The molecular weight excluding hydrogens is 230 g/mol. The molecule has 1 N–H and O–H groups in total. The van der Waals surface area contributed by atoms with Crippen LogP contribution in [0.5, 0.6) is 6.01 Å². The predicted molar refractivity (Wildman–Crippen MR) is 68.4 cm³/mol. The van der Waals surface area contributed by atoms with Crippen molar-refractivity contribution in [3.05, 3.63) is 24.4 Å². The van der Waals surface area contributed by atoms with Crippen LogP contribution in [-0.4, -0.2) is 33.1 Å². The molecule has 2 aromatic heterocycles. The third-order valence-corrected chi connectivity index (χ3v) is 2.07. The van der Waals surface area contributed by atoms with E-state index in [9.17, 15) is 0 Å². The van der Waals surface area contributed by atoms with Gasteiger partial charge in [-0.3, -0.25) is 4.98 Å². The van der Waals surface area contributed by atoms with Crippen LogP contribution >= 0.6 is 0 Å². The molecule has 0 spiro atoms. The highest BCUT2D eigenvalue weighted by Crippen LogP contribution is 2.16. The molecule has 2 aromatic rings. The van der Waals surface area contributed by atoms with Crippen molar-refractivity contribution in [1.29, 1.82) is 0 Å². The molecule has 0 bridgehead atoms. The number of nitrogens with zero attached hydrogens (tertiary/aromatic N) is 4. The van der Waals surface area contributed by atoms with E-state index >= 15 is 0 Å². The number of nitrogens with one attached hydrogen (secondary N) is 1. The summed E-state index contributed by atoms with van der Waals surface area (Å²) in [5, 5.41) is 2.88. The average molecular weight is 245 g/mol. The van der Waals surface area contributed by atoms with Gasteiger partial charge in [-0.1, -0.05) is 6.07 Å². The van der Waals surface area contributed by atoms with E-state index in [-0.39, 0.29) is 6.10 Å². The minimum absolute atomic E-state index is 0.00805. The van der Waals surface area contributed by atoms with Gasteiger partial charge in [0.2, 0.25) is 5.95 Å². The highest BCUT2D eigenvalue weighted by Gasteiger charge is 2.10. The summed E-state index contributed by atoms with van der Waals surface area (Å²) >= 11 is 0. The maximum absolute atomic E-state index is 5.49. The quantitative estimate of drug-likeness (QED) is 0.884. The summed E-state index contributed by atoms with van der Waals surface area (Å²) in [4.78, 5) is 16.8. The Morgan fingerprint density at radius 3 is 2.61 bits per heavy atom. The second-order valence-electron chi connectivity index (χ2n) is 3.90. The zero-order valence-electron chi connectivity index (χ0n) is 10.6. The molecule has 0 amide bonds. The number of aromatic nitrogens is 4. The molecule has 94 valence electrons. The highest BCUT2D eigenvalue weighted by atomic mass is 16.5. The molecule has 18 heavy (non-hydrogen) atoms. The number of anilines is 1. The molecule has 0 aromatic carbocycles. The molecule has 2 heterocycles. The molecule has 2 rings (SSSR count). The Kier molecular flexibility index (Phi) is 3.66. The van der Waals surface area contributed by atoms with Crippen molar-refractivity contribution < 1.29 is 4.74 Å². The van der Waals surface area contributed by atoms with Crippen LogP contribution in [-0.2, 0) is 0 Å². The monoisotopic (exact) mass is 245 g/mol. The Bertz CT molecular complexity index is 515. The van der Waals surface area contributed by atoms with E-state index in [1.807, 2.05) is 32.0 Å². The maximum atomic E-state index is 5.49. The molecule has 0 radical (unpaired) electrons. The average Bonchev–Trinajstić information content (AvgIpc) is 2.38. The van der Waals surface area contributed by atoms with E-state index < -0.39 is 0 Å². The normalized spacial score (nSPS) is 10.4. The fourth-order valence-corrected chi connectivity index (χ4v) is 1.34. The van der Waals surface area contributed by atoms with Crippen LogP contribution in [0.25, 0.3) is 11.5 Å². The van der Waals surface area contributed by atoms with Gasteiger partial charge in [-0.05, 0) is 26.0 Å². The Morgan fingerprint density at radius 1 is 1.17 bits per heavy atom. The Labute approximate surface area is 105 Å². The maximum Gasteiger partial charge on any atom is 0.322 e. The molecule has 0 aliphatic rings. The minimum atomic E-state index is 0.00805. The van der Waals surface area contributed by atoms with Gasteiger partial charge in [0.15, 0.2) is 5.82 Å². The summed E-state index contributed by atoms with van der Waals surface area (Å²) in [5.74, 6) is 0.951. The number of ether oxygens (including phenoxy) is 1. The lowest BCUT2D eigenvalue weighted by atomic mass is 10.3. The van der Waals surface area contributed by atoms with E-state index in [0.717, 1.165) is 0 Å². The fraction of sp³-hybridized carbons (Fsp3) is 0.333. The van der Waals surface area contributed by atoms with Crippen molar-refractivity contribution in [3.63, 3.8) is 0 Å². The van der Waals surface area contributed by atoms with Crippen molar-refractivity contribution in [1.82, 2.24) is 19.9 Å². The van der Waals surface area contributed by atoms with E-state index in [4.69, 9.17) is 4.74 Å². The summed E-state index contributed by atoms with van der Waals surface area (Å²) in [6.45, 7) is 3.84. The van der Waals surface area contributed by atoms with Crippen LogP contribution in [0.1, 0.15) is 13.8 Å². The van der Waals surface area contributed by atoms with Crippen molar-refractivity contribution in [2.24, 2.45) is 0 Å². The zero-order chi connectivity index (χ0) is 13.0. The second-order valence-corrected chi connectivity index (χ2v) is 3.90. The Hall–Kier alpha value is -2.24. The van der Waals surface area contributed by atoms with E-state index in [2.05, 4.69) is 25.3 Å². The Morgan fingerprint density at radius 2 is 2.00 bits per heavy atom. The third kappa shape index (κ3) is 2.91. The van der Waals surface area contributed by atoms with Crippen LogP contribution in [0.4, 0.5) is 5.95 Å². The lowest BCUT2D eigenvalue weighted by Gasteiger charge is -2.09. The third-order valence-electron chi connectivity index (χ3n) is 2.07. The van der Waals surface area contributed by atoms with Gasteiger partial charge in [0, 0.05) is 13.2 Å². The van der Waals surface area contributed by atoms with Gasteiger partial charge in [-0.2, -0.15) is 15.0 Å². The number of pyridine rings is 1. The van der Waals surface area contributed by atoms with Crippen molar-refractivity contribution >= 4 is 5.95 Å². The first-order valence-electron chi connectivity index (χ1n) is 5.71. The molecule has 0 unspecified atom stereocenters. The van der Waals surface area contributed by atoms with Crippen molar-refractivity contribution in [2.45, 2.75) is 20.0 Å². The molecule has 0 saturated heterocycles. The van der Waals surface area contributed by atoms with Gasteiger partial charge < -0.3 is 10.1 Å².